The molecule has 0 spiro atoms. The van der Waals surface area contributed by atoms with Gasteiger partial charge in [-0.05, 0) is 66.3 Å². The SMILES string of the molecule is C[C@H](c1ccccc1CC(C)(C)C)N(c1cc(F)ccc1F)S(=O)(=O)c1ccc(Cl)cc1. The molecule has 0 N–H and O–H groups in total. The Morgan fingerprint density at radius 2 is 1.59 bits per heavy atom. The monoisotopic (exact) mass is 477 g/mol. The summed E-state index contributed by atoms with van der Waals surface area (Å²) in [7, 11) is -4.25. The maximum atomic E-state index is 14.9. The van der Waals surface area contributed by atoms with Crippen molar-refractivity contribution in [2.24, 2.45) is 5.41 Å². The first-order valence-corrected chi connectivity index (χ1v) is 12.0. The number of nitrogens with zero attached hydrogens (tertiary/aromatic N) is 1. The van der Waals surface area contributed by atoms with E-state index in [0.29, 0.717) is 11.4 Å². The summed E-state index contributed by atoms with van der Waals surface area (Å²) in [5.74, 6) is -1.56. The maximum Gasteiger partial charge on any atom is 0.264 e. The molecule has 0 saturated heterocycles. The predicted molar refractivity (Wildman–Crippen MR) is 125 cm³/mol. The molecule has 0 saturated carbocycles. The van der Waals surface area contributed by atoms with Crippen LogP contribution in [-0.2, 0) is 16.4 Å². The van der Waals surface area contributed by atoms with Gasteiger partial charge in [-0.2, -0.15) is 0 Å². The molecule has 0 aliphatic heterocycles. The molecule has 32 heavy (non-hydrogen) atoms. The number of halogens is 3. The Morgan fingerprint density at radius 3 is 2.22 bits per heavy atom. The van der Waals surface area contributed by atoms with Crippen molar-refractivity contribution in [2.75, 3.05) is 4.31 Å². The minimum Gasteiger partial charge on any atom is -0.256 e. The van der Waals surface area contributed by atoms with Crippen LogP contribution in [0.3, 0.4) is 0 Å². The molecular formula is C25H26ClF2NO2S. The molecule has 0 amide bonds. The highest BCUT2D eigenvalue weighted by Gasteiger charge is 2.34. The third-order valence-electron chi connectivity index (χ3n) is 5.09. The average molecular weight is 478 g/mol. The lowest BCUT2D eigenvalue weighted by atomic mass is 9.85. The lowest BCUT2D eigenvalue weighted by Crippen LogP contribution is -2.35. The molecular weight excluding hydrogens is 452 g/mol. The second-order valence-electron chi connectivity index (χ2n) is 8.96. The minimum absolute atomic E-state index is 0.0557. The largest absolute Gasteiger partial charge is 0.264 e. The molecule has 3 nitrogen and oxygen atoms in total. The van der Waals surface area contributed by atoms with Gasteiger partial charge in [0.1, 0.15) is 11.6 Å². The van der Waals surface area contributed by atoms with Crippen molar-refractivity contribution in [3.05, 3.63) is 94.5 Å². The first-order valence-electron chi connectivity index (χ1n) is 10.2. The summed E-state index contributed by atoms with van der Waals surface area (Å²) in [4.78, 5) is -0.0642. The van der Waals surface area contributed by atoms with E-state index in [0.717, 1.165) is 33.6 Å². The maximum absolute atomic E-state index is 14.9. The van der Waals surface area contributed by atoms with Crippen LogP contribution in [0.15, 0.2) is 71.6 Å². The van der Waals surface area contributed by atoms with E-state index in [-0.39, 0.29) is 16.0 Å². The third-order valence-corrected chi connectivity index (χ3v) is 7.24. The van der Waals surface area contributed by atoms with E-state index in [1.807, 2.05) is 24.3 Å². The Hall–Kier alpha value is -2.44. The van der Waals surface area contributed by atoms with Crippen molar-refractivity contribution in [3.8, 4) is 0 Å². The molecule has 0 radical (unpaired) electrons. The van der Waals surface area contributed by atoms with Gasteiger partial charge in [-0.15, -0.1) is 0 Å². The van der Waals surface area contributed by atoms with Gasteiger partial charge in [0, 0.05) is 11.1 Å². The summed E-state index contributed by atoms with van der Waals surface area (Å²) in [5, 5.41) is 0.371. The molecule has 7 heteroatoms. The van der Waals surface area contributed by atoms with Gasteiger partial charge in [-0.25, -0.2) is 17.2 Å². The number of benzene rings is 3. The van der Waals surface area contributed by atoms with E-state index in [9.17, 15) is 17.2 Å². The highest BCUT2D eigenvalue weighted by atomic mass is 35.5. The van der Waals surface area contributed by atoms with Crippen LogP contribution in [0.5, 0.6) is 0 Å². The van der Waals surface area contributed by atoms with Gasteiger partial charge in [-0.3, -0.25) is 4.31 Å². The summed E-state index contributed by atoms with van der Waals surface area (Å²) >= 11 is 5.93. The molecule has 170 valence electrons. The predicted octanol–water partition coefficient (Wildman–Crippen LogP) is 7.16. The zero-order valence-electron chi connectivity index (χ0n) is 18.4. The number of hydrogen-bond acceptors (Lipinski definition) is 2. The molecule has 0 aromatic heterocycles. The van der Waals surface area contributed by atoms with E-state index < -0.39 is 27.7 Å². The third kappa shape index (κ3) is 5.30. The molecule has 3 rings (SSSR count). The summed E-state index contributed by atoms with van der Waals surface area (Å²) in [6.07, 6.45) is 0.688. The number of anilines is 1. The molecule has 1 atom stereocenters. The van der Waals surface area contributed by atoms with Gasteiger partial charge in [0.15, 0.2) is 0 Å². The fourth-order valence-corrected chi connectivity index (χ4v) is 5.48. The summed E-state index contributed by atoms with van der Waals surface area (Å²) in [6.45, 7) is 7.94. The highest BCUT2D eigenvalue weighted by Crippen LogP contribution is 2.37. The first-order chi connectivity index (χ1) is 14.9. The van der Waals surface area contributed by atoms with E-state index in [2.05, 4.69) is 20.8 Å². The Morgan fingerprint density at radius 1 is 0.969 bits per heavy atom. The van der Waals surface area contributed by atoms with E-state index in [1.54, 1.807) is 6.92 Å². The van der Waals surface area contributed by atoms with Gasteiger partial charge < -0.3 is 0 Å². The van der Waals surface area contributed by atoms with Crippen LogP contribution in [0.25, 0.3) is 0 Å². The van der Waals surface area contributed by atoms with Crippen LogP contribution >= 0.6 is 11.6 Å². The van der Waals surface area contributed by atoms with E-state index in [4.69, 9.17) is 11.6 Å². The normalized spacial score (nSPS) is 13.1. The van der Waals surface area contributed by atoms with Crippen molar-refractivity contribution in [1.82, 2.24) is 0 Å². The summed E-state index contributed by atoms with van der Waals surface area (Å²) in [6, 6.07) is 15.1. The van der Waals surface area contributed by atoms with Gasteiger partial charge in [0.25, 0.3) is 10.0 Å². The van der Waals surface area contributed by atoms with Crippen molar-refractivity contribution in [3.63, 3.8) is 0 Å². The summed E-state index contributed by atoms with van der Waals surface area (Å²) in [5.41, 5.74) is 1.27. The van der Waals surface area contributed by atoms with Crippen LogP contribution < -0.4 is 4.31 Å². The number of sulfonamides is 1. The Labute approximate surface area is 193 Å². The van der Waals surface area contributed by atoms with E-state index in [1.165, 1.54) is 24.3 Å². The molecule has 0 fully saturated rings. The second kappa shape index (κ2) is 9.20. The topological polar surface area (TPSA) is 37.4 Å². The van der Waals surface area contributed by atoms with Crippen molar-refractivity contribution < 1.29 is 17.2 Å². The van der Waals surface area contributed by atoms with Gasteiger partial charge in [0.05, 0.1) is 16.6 Å². The Kier molecular flexibility index (Phi) is 6.96. The smallest absolute Gasteiger partial charge is 0.256 e. The molecule has 0 aliphatic rings. The van der Waals surface area contributed by atoms with Crippen LogP contribution in [0.4, 0.5) is 14.5 Å². The van der Waals surface area contributed by atoms with Crippen molar-refractivity contribution >= 4 is 27.3 Å². The van der Waals surface area contributed by atoms with Gasteiger partial charge in [-0.1, -0.05) is 56.6 Å². The standard InChI is InChI=1S/C25H26ClF2NO2S/c1-17(22-8-6-5-7-18(22)16-25(2,3)4)29(24-15-20(27)11-14-23(24)28)32(30,31)21-12-9-19(26)10-13-21/h5-15,17H,16H2,1-4H3/t17-/m1/s1. The van der Waals surface area contributed by atoms with Crippen LogP contribution in [-0.4, -0.2) is 8.42 Å². The molecule has 0 bridgehead atoms. The molecule has 0 heterocycles. The second-order valence-corrected chi connectivity index (χ2v) is 11.2. The van der Waals surface area contributed by atoms with Crippen LogP contribution in [0.2, 0.25) is 5.02 Å². The molecule has 0 unspecified atom stereocenters. The average Bonchev–Trinajstić information content (AvgIpc) is 2.70. The fourth-order valence-electron chi connectivity index (χ4n) is 3.72. The molecule has 3 aromatic rings. The lowest BCUT2D eigenvalue weighted by molar-refractivity contribution is 0.409. The minimum atomic E-state index is -4.25. The van der Waals surface area contributed by atoms with Crippen LogP contribution in [0.1, 0.15) is 44.9 Å². The number of rotatable bonds is 6. The molecule has 3 aromatic carbocycles. The molecule has 0 aliphatic carbocycles. The van der Waals surface area contributed by atoms with Gasteiger partial charge in [0.2, 0.25) is 0 Å². The highest BCUT2D eigenvalue weighted by molar-refractivity contribution is 7.92. The summed E-state index contributed by atoms with van der Waals surface area (Å²) < 4.78 is 57.4. The first kappa shape index (κ1) is 24.2. The quantitative estimate of drug-likeness (QED) is 0.377. The number of hydrogen-bond donors (Lipinski definition) is 0. The van der Waals surface area contributed by atoms with Crippen molar-refractivity contribution in [2.45, 2.75) is 45.1 Å². The van der Waals surface area contributed by atoms with Crippen LogP contribution in [0, 0.1) is 17.0 Å². The van der Waals surface area contributed by atoms with E-state index >= 15 is 0 Å². The zero-order valence-corrected chi connectivity index (χ0v) is 20.0. The van der Waals surface area contributed by atoms with Gasteiger partial charge >= 0.3 is 0 Å². The zero-order chi connectivity index (χ0) is 23.7. The lowest BCUT2D eigenvalue weighted by Gasteiger charge is -2.33. The van der Waals surface area contributed by atoms with Crippen molar-refractivity contribution in [1.29, 1.82) is 0 Å². The Balaban J connectivity index is 2.23. The fraction of sp³-hybridized carbons (Fsp3) is 0.280. The Bertz CT molecular complexity index is 1210.